The molecule has 2 N–H and O–H groups in total. The summed E-state index contributed by atoms with van der Waals surface area (Å²) in [5, 5.41) is 12.8. The molecule has 0 aliphatic carbocycles. The van der Waals surface area contributed by atoms with E-state index in [4.69, 9.17) is 21.7 Å². The number of urea groups is 1. The van der Waals surface area contributed by atoms with Crippen LogP contribution in [0.1, 0.15) is 13.3 Å². The molecule has 1 aromatic rings. The highest BCUT2D eigenvalue weighted by atomic mass is 79.9. The number of phenols is 1. The first-order valence-electron chi connectivity index (χ1n) is 10.8. The van der Waals surface area contributed by atoms with Gasteiger partial charge in [-0.25, -0.2) is 14.1 Å². The SMILES string of the molecule is C=C/C(F)=C(\NCCBr)N1C(=O)N(C)C(C(F)(F)F)=CC1=CCC.COC(=S)COc1ccccc1O. The molecule has 0 unspecified atom stereocenters. The van der Waals surface area contributed by atoms with E-state index >= 15 is 0 Å². The topological polar surface area (TPSA) is 74.3 Å². The summed E-state index contributed by atoms with van der Waals surface area (Å²) in [5.41, 5.74) is -1.16. The molecule has 1 aromatic carbocycles. The lowest BCUT2D eigenvalue weighted by atomic mass is 10.2. The fourth-order valence-corrected chi connectivity index (χ4v) is 3.09. The van der Waals surface area contributed by atoms with Crippen molar-refractivity contribution in [3.8, 4) is 11.5 Å². The van der Waals surface area contributed by atoms with Gasteiger partial charge in [-0.15, -0.1) is 0 Å². The predicted molar refractivity (Wildman–Crippen MR) is 141 cm³/mol. The summed E-state index contributed by atoms with van der Waals surface area (Å²) < 4.78 is 63.4. The fourth-order valence-electron chi connectivity index (χ4n) is 2.83. The second-order valence-electron chi connectivity index (χ2n) is 7.09. The molecule has 0 saturated heterocycles. The number of hydrogen-bond acceptors (Lipinski definition) is 6. The van der Waals surface area contributed by atoms with E-state index in [1.807, 2.05) is 0 Å². The van der Waals surface area contributed by atoms with E-state index in [1.165, 1.54) is 13.2 Å². The van der Waals surface area contributed by atoms with Gasteiger partial charge < -0.3 is 19.9 Å². The molecular weight excluding hydrogens is 582 g/mol. The van der Waals surface area contributed by atoms with Gasteiger partial charge in [0.05, 0.1) is 12.8 Å². The molecule has 0 bridgehead atoms. The minimum atomic E-state index is -4.70. The number of phenolic OH excluding ortho intramolecular Hbond substituents is 1. The van der Waals surface area contributed by atoms with Crippen molar-refractivity contribution in [2.24, 2.45) is 0 Å². The van der Waals surface area contributed by atoms with Crippen molar-refractivity contribution in [1.82, 2.24) is 15.1 Å². The molecule has 2 amide bonds. The molecule has 1 aliphatic rings. The standard InChI is InChI=1S/C15H18BrF4N3O.C9H10O3S/c1-4-6-10-9-12(15(18,19)20)22(3)14(24)23(10)13(11(17)5-2)21-8-7-16;1-11-9(13)6-12-8-5-3-2-4-7(8)10/h5-6,9,21H,2,4,7-8H2,1,3H3;2-5,10H,6H2,1H3/b10-6?,13-11-;. The van der Waals surface area contributed by atoms with Gasteiger partial charge in [0, 0.05) is 18.9 Å². The van der Waals surface area contributed by atoms with E-state index in [2.05, 4.69) is 27.8 Å². The monoisotopic (exact) mass is 609 g/mol. The van der Waals surface area contributed by atoms with Gasteiger partial charge in [-0.3, -0.25) is 4.90 Å². The normalized spacial score (nSPS) is 15.3. The molecule has 1 heterocycles. The zero-order chi connectivity index (χ0) is 28.2. The number of methoxy groups -OCH3 is 1. The van der Waals surface area contributed by atoms with Crippen LogP contribution in [0.2, 0.25) is 0 Å². The number of thiocarbonyl (C=S) groups is 1. The maximum absolute atomic E-state index is 14.2. The average Bonchev–Trinajstić information content (AvgIpc) is 2.86. The van der Waals surface area contributed by atoms with Gasteiger partial charge in [-0.2, -0.15) is 13.2 Å². The van der Waals surface area contributed by atoms with Gasteiger partial charge in [0.15, 0.2) is 34.8 Å². The minimum absolute atomic E-state index is 0.0537. The Hall–Kier alpha value is -3.06. The molecular formula is C24H28BrF4N3O4S. The third kappa shape index (κ3) is 9.39. The highest BCUT2D eigenvalue weighted by Gasteiger charge is 2.44. The highest BCUT2D eigenvalue weighted by molar-refractivity contribution is 9.09. The molecule has 0 atom stereocenters. The Bertz CT molecular complexity index is 1060. The maximum Gasteiger partial charge on any atom is 0.431 e. The van der Waals surface area contributed by atoms with Crippen LogP contribution in [0.15, 0.2) is 72.1 Å². The number of benzene rings is 1. The number of rotatable bonds is 9. The number of nitrogens with zero attached hydrogens (tertiary/aromatic N) is 2. The Balaban J connectivity index is 0.000000442. The fraction of sp³-hybridized carbons (Fsp3) is 0.333. The largest absolute Gasteiger partial charge is 0.504 e. The molecule has 1 aliphatic heterocycles. The van der Waals surface area contributed by atoms with Crippen molar-refractivity contribution in [3.05, 3.63) is 72.1 Å². The average molecular weight is 610 g/mol. The van der Waals surface area contributed by atoms with Crippen LogP contribution in [-0.2, 0) is 4.74 Å². The number of carbonyl (C=O) groups is 1. The summed E-state index contributed by atoms with van der Waals surface area (Å²) >= 11 is 7.93. The number of amides is 2. The first-order valence-corrected chi connectivity index (χ1v) is 12.3. The quantitative estimate of drug-likeness (QED) is 0.151. The van der Waals surface area contributed by atoms with Crippen LogP contribution in [0.3, 0.4) is 0 Å². The van der Waals surface area contributed by atoms with Gasteiger partial charge >= 0.3 is 12.2 Å². The molecule has 0 fully saturated rings. The number of aromatic hydroxyl groups is 1. The van der Waals surface area contributed by atoms with Crippen LogP contribution in [0, 0.1) is 0 Å². The van der Waals surface area contributed by atoms with Gasteiger partial charge in [-0.05, 0) is 42.9 Å². The van der Waals surface area contributed by atoms with Crippen LogP contribution in [0.4, 0.5) is 22.4 Å². The molecule has 204 valence electrons. The molecule has 0 aromatic heterocycles. The zero-order valence-corrected chi connectivity index (χ0v) is 22.8. The second kappa shape index (κ2) is 15.3. The third-order valence-electron chi connectivity index (χ3n) is 4.54. The van der Waals surface area contributed by atoms with Crippen molar-refractivity contribution >= 4 is 39.2 Å². The maximum atomic E-state index is 14.2. The lowest BCUT2D eigenvalue weighted by molar-refractivity contribution is -0.107. The van der Waals surface area contributed by atoms with Gasteiger partial charge in [0.2, 0.25) is 0 Å². The first kappa shape index (κ1) is 32.0. The Morgan fingerprint density at radius 1 is 1.32 bits per heavy atom. The van der Waals surface area contributed by atoms with Crippen molar-refractivity contribution in [1.29, 1.82) is 0 Å². The van der Waals surface area contributed by atoms with E-state index in [0.717, 1.165) is 24.1 Å². The van der Waals surface area contributed by atoms with E-state index in [0.29, 0.717) is 27.5 Å². The third-order valence-corrected chi connectivity index (χ3v) is 5.22. The second-order valence-corrected chi connectivity index (χ2v) is 8.34. The van der Waals surface area contributed by atoms with E-state index in [9.17, 15) is 27.5 Å². The van der Waals surface area contributed by atoms with Crippen LogP contribution < -0.4 is 10.1 Å². The Morgan fingerprint density at radius 2 is 1.97 bits per heavy atom. The number of alkyl halides is 4. The molecule has 0 saturated carbocycles. The zero-order valence-electron chi connectivity index (χ0n) is 20.4. The number of ether oxygens (including phenoxy) is 2. The van der Waals surface area contributed by atoms with Crippen molar-refractivity contribution in [3.63, 3.8) is 0 Å². The van der Waals surface area contributed by atoms with Crippen LogP contribution in [0.25, 0.3) is 0 Å². The van der Waals surface area contributed by atoms with Crippen molar-refractivity contribution in [2.75, 3.05) is 32.6 Å². The summed E-state index contributed by atoms with van der Waals surface area (Å²) in [6.45, 7) is 5.44. The Morgan fingerprint density at radius 3 is 2.49 bits per heavy atom. The lowest BCUT2D eigenvalue weighted by Crippen LogP contribution is -2.48. The summed E-state index contributed by atoms with van der Waals surface area (Å²) in [6, 6.07) is 5.68. The van der Waals surface area contributed by atoms with E-state index in [1.54, 1.807) is 31.2 Å². The predicted octanol–water partition coefficient (Wildman–Crippen LogP) is 6.15. The van der Waals surface area contributed by atoms with Gasteiger partial charge in [-0.1, -0.05) is 47.6 Å². The van der Waals surface area contributed by atoms with Gasteiger partial charge in [0.1, 0.15) is 5.70 Å². The number of allylic oxidation sites excluding steroid dienone is 5. The minimum Gasteiger partial charge on any atom is -0.504 e. The molecule has 7 nitrogen and oxygen atoms in total. The lowest BCUT2D eigenvalue weighted by Gasteiger charge is -2.36. The number of carbonyl (C=O) groups excluding carboxylic acids is 1. The summed E-state index contributed by atoms with van der Waals surface area (Å²) in [6.07, 6.45) is -1.21. The smallest absolute Gasteiger partial charge is 0.431 e. The van der Waals surface area contributed by atoms with E-state index < -0.39 is 23.7 Å². The van der Waals surface area contributed by atoms with Crippen LogP contribution >= 0.6 is 28.1 Å². The van der Waals surface area contributed by atoms with Crippen molar-refractivity contribution in [2.45, 2.75) is 19.5 Å². The summed E-state index contributed by atoms with van der Waals surface area (Å²) in [4.78, 5) is 13.8. The highest BCUT2D eigenvalue weighted by Crippen LogP contribution is 2.35. The Kier molecular flexibility index (Phi) is 13.2. The van der Waals surface area contributed by atoms with Gasteiger partial charge in [0.25, 0.3) is 0 Å². The number of hydrogen-bond donors (Lipinski definition) is 2. The number of para-hydroxylation sites is 2. The number of nitrogens with one attached hydrogen (secondary N) is 1. The number of halogens is 5. The van der Waals surface area contributed by atoms with Crippen LogP contribution in [-0.4, -0.2) is 64.8 Å². The molecule has 13 heteroatoms. The molecule has 0 spiro atoms. The summed E-state index contributed by atoms with van der Waals surface area (Å²) in [7, 11) is 2.47. The van der Waals surface area contributed by atoms with Crippen LogP contribution in [0.5, 0.6) is 11.5 Å². The molecule has 37 heavy (non-hydrogen) atoms. The Labute approximate surface area is 226 Å². The van der Waals surface area contributed by atoms with Crippen molar-refractivity contribution < 1.29 is 36.9 Å². The molecule has 2 rings (SSSR count). The molecule has 0 radical (unpaired) electrons. The first-order chi connectivity index (χ1) is 17.4. The summed E-state index contributed by atoms with van der Waals surface area (Å²) in [5.74, 6) is -0.592. The van der Waals surface area contributed by atoms with E-state index in [-0.39, 0.29) is 30.4 Å².